The van der Waals surface area contributed by atoms with Crippen LogP contribution in [-0.4, -0.2) is 33.2 Å². The molecule has 3 N–H and O–H groups in total. The first-order chi connectivity index (χ1) is 12.9. The van der Waals surface area contributed by atoms with E-state index in [1.54, 1.807) is 91.0 Å². The number of aromatic carboxylic acids is 3. The number of hydrogen-bond donors (Lipinski definition) is 3. The Hall–Kier alpha value is -3.31. The molecule has 146 valence electrons. The fourth-order valence-corrected chi connectivity index (χ4v) is 1.74. The number of carboxylic acid groups (broad SMARTS) is 3. The molecule has 0 aliphatic carbocycles. The van der Waals surface area contributed by atoms with Crippen molar-refractivity contribution in [2.75, 3.05) is 0 Å². The maximum atomic E-state index is 10.2. The zero-order valence-corrected chi connectivity index (χ0v) is 16.3. The van der Waals surface area contributed by atoms with Crippen molar-refractivity contribution in [3.63, 3.8) is 0 Å². The molecule has 0 saturated carbocycles. The van der Waals surface area contributed by atoms with E-state index in [-0.39, 0.29) is 19.5 Å². The molecule has 0 saturated heterocycles. The van der Waals surface area contributed by atoms with E-state index in [1.807, 2.05) is 0 Å². The molecule has 0 unspecified atom stereocenters. The average Bonchev–Trinajstić information content (AvgIpc) is 2.71. The van der Waals surface area contributed by atoms with Crippen LogP contribution in [0.4, 0.5) is 0 Å². The Kier molecular flexibility index (Phi) is 12.2. The summed E-state index contributed by atoms with van der Waals surface area (Å²) in [6, 6.07) is 24.9. The van der Waals surface area contributed by atoms with Crippen LogP contribution >= 0.6 is 0 Å². The van der Waals surface area contributed by atoms with E-state index in [2.05, 4.69) is 0 Å². The Labute approximate surface area is 174 Å². The van der Waals surface area contributed by atoms with Crippen LogP contribution in [0.5, 0.6) is 0 Å². The van der Waals surface area contributed by atoms with Crippen LogP contribution in [0.1, 0.15) is 31.1 Å². The van der Waals surface area contributed by atoms with Gasteiger partial charge in [-0.15, -0.1) is 0 Å². The van der Waals surface area contributed by atoms with Gasteiger partial charge >= 0.3 is 17.9 Å². The quantitative estimate of drug-likeness (QED) is 0.499. The van der Waals surface area contributed by atoms with Crippen molar-refractivity contribution in [1.29, 1.82) is 0 Å². The van der Waals surface area contributed by atoms with Crippen LogP contribution in [-0.2, 0) is 19.5 Å². The summed E-state index contributed by atoms with van der Waals surface area (Å²) < 4.78 is 0. The predicted molar refractivity (Wildman–Crippen MR) is 100 cm³/mol. The van der Waals surface area contributed by atoms with Crippen LogP contribution in [0.15, 0.2) is 91.0 Å². The van der Waals surface area contributed by atoms with Gasteiger partial charge in [-0.1, -0.05) is 54.6 Å². The Morgan fingerprint density at radius 1 is 0.429 bits per heavy atom. The molecule has 3 aromatic carbocycles. The molecule has 0 bridgehead atoms. The minimum absolute atomic E-state index is 0. The van der Waals surface area contributed by atoms with Crippen molar-refractivity contribution in [1.82, 2.24) is 0 Å². The maximum absolute atomic E-state index is 10.2. The molecule has 0 aliphatic rings. The zero-order valence-electron chi connectivity index (χ0n) is 14.6. The summed E-state index contributed by atoms with van der Waals surface area (Å²) in [5.41, 5.74) is 0.993. The van der Waals surface area contributed by atoms with Crippen molar-refractivity contribution in [2.45, 2.75) is 0 Å². The number of carbonyl (C=O) groups is 3. The van der Waals surface area contributed by atoms with Gasteiger partial charge in [-0.2, -0.15) is 0 Å². The minimum Gasteiger partial charge on any atom is -0.478 e. The van der Waals surface area contributed by atoms with Crippen molar-refractivity contribution >= 4 is 17.9 Å². The molecule has 0 aromatic heterocycles. The molecule has 0 heterocycles. The Bertz CT molecular complexity index is 734. The molecule has 0 amide bonds. The van der Waals surface area contributed by atoms with Crippen LogP contribution in [0.2, 0.25) is 0 Å². The molecule has 6 nitrogen and oxygen atoms in total. The molecule has 0 atom stereocenters. The van der Waals surface area contributed by atoms with Gasteiger partial charge in [0.1, 0.15) is 0 Å². The van der Waals surface area contributed by atoms with Crippen LogP contribution in [0, 0.1) is 0 Å². The molecule has 3 rings (SSSR count). The van der Waals surface area contributed by atoms with Gasteiger partial charge in [-0.05, 0) is 36.4 Å². The van der Waals surface area contributed by atoms with E-state index in [4.69, 9.17) is 15.3 Å². The van der Waals surface area contributed by atoms with E-state index in [0.29, 0.717) is 16.7 Å². The van der Waals surface area contributed by atoms with Crippen LogP contribution in [0.3, 0.4) is 0 Å². The fourth-order valence-electron chi connectivity index (χ4n) is 1.74. The molecule has 0 spiro atoms. The third-order valence-electron chi connectivity index (χ3n) is 3.06. The van der Waals surface area contributed by atoms with Gasteiger partial charge in [0.2, 0.25) is 0 Å². The molecule has 7 heteroatoms. The monoisotopic (exact) mass is 468 g/mol. The van der Waals surface area contributed by atoms with E-state index in [9.17, 15) is 14.4 Å². The van der Waals surface area contributed by atoms with E-state index in [0.717, 1.165) is 0 Å². The SMILES string of the molecule is O=C(O)c1ccccc1.O=C(O)c1ccccc1.O=C(O)c1ccccc1.[Ru]. The molecular formula is C21H18O6Ru. The smallest absolute Gasteiger partial charge is 0.335 e. The zero-order chi connectivity index (χ0) is 20.1. The summed E-state index contributed by atoms with van der Waals surface area (Å²) in [6.07, 6.45) is 0. The van der Waals surface area contributed by atoms with Gasteiger partial charge in [-0.25, -0.2) is 14.4 Å². The summed E-state index contributed by atoms with van der Waals surface area (Å²) >= 11 is 0. The maximum Gasteiger partial charge on any atom is 0.335 e. The second-order valence-electron chi connectivity index (χ2n) is 5.01. The first-order valence-corrected chi connectivity index (χ1v) is 7.77. The molecule has 0 radical (unpaired) electrons. The van der Waals surface area contributed by atoms with Crippen molar-refractivity contribution in [3.8, 4) is 0 Å². The molecular weight excluding hydrogens is 449 g/mol. The molecule has 3 aromatic rings. The Morgan fingerprint density at radius 3 is 0.714 bits per heavy atom. The molecule has 28 heavy (non-hydrogen) atoms. The van der Waals surface area contributed by atoms with Gasteiger partial charge in [0.05, 0.1) is 16.7 Å². The van der Waals surface area contributed by atoms with Gasteiger partial charge in [0.15, 0.2) is 0 Å². The summed E-state index contributed by atoms with van der Waals surface area (Å²) in [5.74, 6) is -2.64. The molecule has 0 fully saturated rings. The van der Waals surface area contributed by atoms with Crippen LogP contribution in [0.25, 0.3) is 0 Å². The van der Waals surface area contributed by atoms with E-state index >= 15 is 0 Å². The fraction of sp³-hybridized carbons (Fsp3) is 0. The van der Waals surface area contributed by atoms with Gasteiger partial charge in [0.25, 0.3) is 0 Å². The first-order valence-electron chi connectivity index (χ1n) is 7.77. The van der Waals surface area contributed by atoms with Gasteiger partial charge in [-0.3, -0.25) is 0 Å². The van der Waals surface area contributed by atoms with Gasteiger partial charge < -0.3 is 15.3 Å². The predicted octanol–water partition coefficient (Wildman–Crippen LogP) is 4.15. The first kappa shape index (κ1) is 24.7. The summed E-state index contributed by atoms with van der Waals surface area (Å²) in [4.78, 5) is 30.6. The molecule has 0 aliphatic heterocycles. The second-order valence-corrected chi connectivity index (χ2v) is 5.01. The van der Waals surface area contributed by atoms with Crippen molar-refractivity contribution < 1.29 is 49.2 Å². The minimum atomic E-state index is -0.879. The number of carboxylic acids is 3. The number of benzene rings is 3. The Balaban J connectivity index is 0.000000384. The largest absolute Gasteiger partial charge is 0.478 e. The topological polar surface area (TPSA) is 112 Å². The second kappa shape index (κ2) is 13.8. The summed E-state index contributed by atoms with van der Waals surface area (Å²) in [6.45, 7) is 0. The number of rotatable bonds is 3. The Morgan fingerprint density at radius 2 is 0.607 bits per heavy atom. The van der Waals surface area contributed by atoms with E-state index < -0.39 is 17.9 Å². The third-order valence-corrected chi connectivity index (χ3v) is 3.06. The van der Waals surface area contributed by atoms with Crippen LogP contribution < -0.4 is 0 Å². The number of hydrogen-bond acceptors (Lipinski definition) is 3. The van der Waals surface area contributed by atoms with E-state index in [1.165, 1.54) is 0 Å². The average molecular weight is 467 g/mol. The summed E-state index contributed by atoms with van der Waals surface area (Å²) in [7, 11) is 0. The third kappa shape index (κ3) is 9.99. The van der Waals surface area contributed by atoms with Crippen molar-refractivity contribution in [3.05, 3.63) is 108 Å². The van der Waals surface area contributed by atoms with Gasteiger partial charge in [0, 0.05) is 19.5 Å². The van der Waals surface area contributed by atoms with Crippen molar-refractivity contribution in [2.24, 2.45) is 0 Å². The normalized spacial score (nSPS) is 8.57. The standard InChI is InChI=1S/3C7H6O2.Ru/c3*8-7(9)6-4-2-1-3-5-6;/h3*1-5H,(H,8,9);. The summed E-state index contributed by atoms with van der Waals surface area (Å²) in [5, 5.41) is 25.2.